The zero-order valence-corrected chi connectivity index (χ0v) is 13.2. The van der Waals surface area contributed by atoms with Crippen molar-refractivity contribution in [1.82, 2.24) is 4.98 Å². The summed E-state index contributed by atoms with van der Waals surface area (Å²) in [4.78, 5) is 15.8. The molecule has 5 nitrogen and oxygen atoms in total. The highest BCUT2D eigenvalue weighted by atomic mass is 32.2. The molecule has 1 heterocycles. The Morgan fingerprint density at radius 2 is 1.86 bits per heavy atom. The summed E-state index contributed by atoms with van der Waals surface area (Å²) in [7, 11) is 0. The van der Waals surface area contributed by atoms with E-state index in [4.69, 9.17) is 10.5 Å². The van der Waals surface area contributed by atoms with Crippen molar-refractivity contribution in [2.24, 2.45) is 5.73 Å². The number of nitrogens with zero attached hydrogens (tertiary/aromatic N) is 1. The largest absolute Gasteiger partial charge is 0.457 e. The van der Waals surface area contributed by atoms with E-state index in [1.807, 2.05) is 6.26 Å². The van der Waals surface area contributed by atoms with Crippen molar-refractivity contribution in [3.05, 3.63) is 48.8 Å². The maximum absolute atomic E-state index is 11.9. The van der Waals surface area contributed by atoms with Gasteiger partial charge in [0.25, 0.3) is 0 Å². The van der Waals surface area contributed by atoms with Crippen molar-refractivity contribution in [3.63, 3.8) is 0 Å². The quantitative estimate of drug-likeness (QED) is 0.821. The summed E-state index contributed by atoms with van der Waals surface area (Å²) in [6.07, 6.45) is 5.99. The fraction of sp³-hybridized carbons (Fsp3) is 0.250. The minimum atomic E-state index is -0.486. The van der Waals surface area contributed by atoms with Crippen LogP contribution in [0.15, 0.2) is 48.8 Å². The maximum atomic E-state index is 11.9. The number of nitrogens with one attached hydrogen (secondary N) is 1. The lowest BCUT2D eigenvalue weighted by Gasteiger charge is -2.12. The van der Waals surface area contributed by atoms with Gasteiger partial charge in [-0.3, -0.25) is 9.78 Å². The smallest absolute Gasteiger partial charge is 0.241 e. The number of carbonyl (C=O) groups is 1. The molecule has 1 atom stereocenters. The van der Waals surface area contributed by atoms with Crippen molar-refractivity contribution in [3.8, 4) is 11.5 Å². The topological polar surface area (TPSA) is 77.2 Å². The van der Waals surface area contributed by atoms with E-state index < -0.39 is 6.04 Å². The lowest BCUT2D eigenvalue weighted by atomic mass is 10.2. The molecule has 1 amide bonds. The highest BCUT2D eigenvalue weighted by Crippen LogP contribution is 2.22. The van der Waals surface area contributed by atoms with E-state index in [1.54, 1.807) is 60.6 Å². The van der Waals surface area contributed by atoms with E-state index in [-0.39, 0.29) is 5.91 Å². The molecule has 2 aromatic rings. The summed E-state index contributed by atoms with van der Waals surface area (Å²) in [5.41, 5.74) is 6.53. The fourth-order valence-electron chi connectivity index (χ4n) is 1.76. The fourth-order valence-corrected chi connectivity index (χ4v) is 2.25. The molecule has 0 radical (unpaired) electrons. The third kappa shape index (κ3) is 5.05. The molecule has 0 bridgehead atoms. The van der Waals surface area contributed by atoms with E-state index in [9.17, 15) is 4.79 Å². The summed E-state index contributed by atoms with van der Waals surface area (Å²) < 4.78 is 5.66. The van der Waals surface area contributed by atoms with Gasteiger partial charge in [0, 0.05) is 18.1 Å². The van der Waals surface area contributed by atoms with E-state index in [0.29, 0.717) is 23.6 Å². The minimum absolute atomic E-state index is 0.170. The number of nitrogens with two attached hydrogens (primary N) is 1. The molecule has 0 aliphatic rings. The lowest BCUT2D eigenvalue weighted by molar-refractivity contribution is -0.117. The molecular formula is C16H19N3O2S. The highest BCUT2D eigenvalue weighted by Gasteiger charge is 2.12. The van der Waals surface area contributed by atoms with Crippen LogP contribution in [0.1, 0.15) is 6.42 Å². The van der Waals surface area contributed by atoms with Crippen LogP contribution >= 0.6 is 11.8 Å². The zero-order valence-electron chi connectivity index (χ0n) is 12.4. The van der Waals surface area contributed by atoms with Gasteiger partial charge in [0.2, 0.25) is 5.91 Å². The molecule has 3 N–H and O–H groups in total. The Balaban J connectivity index is 1.90. The number of hydrogen-bond acceptors (Lipinski definition) is 5. The van der Waals surface area contributed by atoms with Crippen molar-refractivity contribution in [2.75, 3.05) is 17.3 Å². The van der Waals surface area contributed by atoms with Crippen molar-refractivity contribution >= 4 is 23.4 Å². The molecule has 1 aromatic heterocycles. The van der Waals surface area contributed by atoms with Gasteiger partial charge in [-0.05, 0) is 54.8 Å². The van der Waals surface area contributed by atoms with Gasteiger partial charge in [-0.2, -0.15) is 11.8 Å². The molecule has 116 valence electrons. The SMILES string of the molecule is CSCC[C@H](N)C(=O)Nc1ccc(Oc2ccncc2)cc1. The second-order valence-electron chi connectivity index (χ2n) is 4.69. The first-order valence-electron chi connectivity index (χ1n) is 6.92. The molecule has 0 spiro atoms. The molecule has 0 unspecified atom stereocenters. The van der Waals surface area contributed by atoms with Crippen molar-refractivity contribution in [1.29, 1.82) is 0 Å². The number of rotatable bonds is 7. The van der Waals surface area contributed by atoms with Gasteiger partial charge < -0.3 is 15.8 Å². The van der Waals surface area contributed by atoms with E-state index in [0.717, 1.165) is 5.75 Å². The van der Waals surface area contributed by atoms with Gasteiger partial charge in [-0.25, -0.2) is 0 Å². The third-order valence-electron chi connectivity index (χ3n) is 2.98. The summed E-state index contributed by atoms with van der Waals surface area (Å²) >= 11 is 1.68. The van der Waals surface area contributed by atoms with Crippen molar-refractivity contribution in [2.45, 2.75) is 12.5 Å². The van der Waals surface area contributed by atoms with Crippen LogP contribution in [0.4, 0.5) is 5.69 Å². The maximum Gasteiger partial charge on any atom is 0.241 e. The second-order valence-corrected chi connectivity index (χ2v) is 5.67. The van der Waals surface area contributed by atoms with Gasteiger partial charge >= 0.3 is 0 Å². The summed E-state index contributed by atoms with van der Waals surface area (Å²) in [6.45, 7) is 0. The van der Waals surface area contributed by atoms with Crippen LogP contribution in [0.3, 0.4) is 0 Å². The molecule has 0 aliphatic heterocycles. The van der Waals surface area contributed by atoms with Crippen LogP contribution in [0.25, 0.3) is 0 Å². The lowest BCUT2D eigenvalue weighted by Crippen LogP contribution is -2.36. The van der Waals surface area contributed by atoms with Gasteiger partial charge in [0.1, 0.15) is 11.5 Å². The Labute approximate surface area is 134 Å². The van der Waals surface area contributed by atoms with E-state index in [1.165, 1.54) is 0 Å². The van der Waals surface area contributed by atoms with Crippen LogP contribution < -0.4 is 15.8 Å². The zero-order chi connectivity index (χ0) is 15.8. The number of ether oxygens (including phenoxy) is 1. The third-order valence-corrected chi connectivity index (χ3v) is 3.62. The van der Waals surface area contributed by atoms with Crippen LogP contribution in [-0.4, -0.2) is 28.9 Å². The van der Waals surface area contributed by atoms with Gasteiger partial charge in [0.05, 0.1) is 6.04 Å². The molecule has 0 fully saturated rings. The first-order chi connectivity index (χ1) is 10.7. The predicted octanol–water partition coefficient (Wildman–Crippen LogP) is 2.89. The number of hydrogen-bond donors (Lipinski definition) is 2. The number of carbonyl (C=O) groups excluding carboxylic acids is 1. The van der Waals surface area contributed by atoms with Gasteiger partial charge in [-0.15, -0.1) is 0 Å². The summed E-state index contributed by atoms with van der Waals surface area (Å²) in [6, 6.07) is 10.2. The van der Waals surface area contributed by atoms with Crippen LogP contribution in [0, 0.1) is 0 Å². The minimum Gasteiger partial charge on any atom is -0.457 e. The monoisotopic (exact) mass is 317 g/mol. The number of benzene rings is 1. The molecule has 0 saturated carbocycles. The summed E-state index contributed by atoms with van der Waals surface area (Å²) in [5, 5.41) is 2.80. The molecule has 0 saturated heterocycles. The number of amides is 1. The molecule has 6 heteroatoms. The van der Waals surface area contributed by atoms with Crippen LogP contribution in [0.2, 0.25) is 0 Å². The van der Waals surface area contributed by atoms with Crippen LogP contribution in [0.5, 0.6) is 11.5 Å². The number of anilines is 1. The Morgan fingerprint density at radius 3 is 2.50 bits per heavy atom. The number of pyridine rings is 1. The number of thioether (sulfide) groups is 1. The van der Waals surface area contributed by atoms with Crippen LogP contribution in [-0.2, 0) is 4.79 Å². The average Bonchev–Trinajstić information content (AvgIpc) is 2.55. The highest BCUT2D eigenvalue weighted by molar-refractivity contribution is 7.98. The normalized spacial score (nSPS) is 11.7. The molecular weight excluding hydrogens is 298 g/mol. The molecule has 1 aromatic carbocycles. The van der Waals surface area contributed by atoms with E-state index >= 15 is 0 Å². The Hall–Kier alpha value is -2.05. The first kappa shape index (κ1) is 16.3. The van der Waals surface area contributed by atoms with Gasteiger partial charge in [0.15, 0.2) is 0 Å². The Bertz CT molecular complexity index is 590. The number of aromatic nitrogens is 1. The van der Waals surface area contributed by atoms with E-state index in [2.05, 4.69) is 10.3 Å². The Kier molecular flexibility index (Phi) is 6.24. The second kappa shape index (κ2) is 8.41. The standard InChI is InChI=1S/C16H19N3O2S/c1-22-11-8-15(17)16(20)19-12-2-4-13(5-3-12)21-14-6-9-18-10-7-14/h2-7,9-10,15H,8,11,17H2,1H3,(H,19,20)/t15-/m0/s1. The molecule has 2 rings (SSSR count). The molecule has 0 aliphatic carbocycles. The predicted molar refractivity (Wildman–Crippen MR) is 90.4 cm³/mol. The average molecular weight is 317 g/mol. The first-order valence-corrected chi connectivity index (χ1v) is 8.32. The van der Waals surface area contributed by atoms with Gasteiger partial charge in [-0.1, -0.05) is 0 Å². The summed E-state index contributed by atoms with van der Waals surface area (Å²) in [5.74, 6) is 2.10. The molecule has 22 heavy (non-hydrogen) atoms. The van der Waals surface area contributed by atoms with Crippen molar-refractivity contribution < 1.29 is 9.53 Å². The Morgan fingerprint density at radius 1 is 1.23 bits per heavy atom.